The van der Waals surface area contributed by atoms with Gasteiger partial charge in [0.2, 0.25) is 5.91 Å². The predicted octanol–water partition coefficient (Wildman–Crippen LogP) is 3.55. The first-order valence-electron chi connectivity index (χ1n) is 10.3. The monoisotopic (exact) mass is 356 g/mol. The van der Waals surface area contributed by atoms with Gasteiger partial charge < -0.3 is 15.4 Å². The fourth-order valence-electron chi connectivity index (χ4n) is 5.58. The van der Waals surface area contributed by atoms with Crippen molar-refractivity contribution in [3.8, 4) is 5.75 Å². The number of nitrogens with two attached hydrogens (primary N) is 1. The van der Waals surface area contributed by atoms with Gasteiger partial charge in [-0.1, -0.05) is 18.6 Å². The molecule has 0 aromatic heterocycles. The third kappa shape index (κ3) is 3.48. The van der Waals surface area contributed by atoms with Gasteiger partial charge in [0.05, 0.1) is 7.11 Å². The number of methoxy groups -OCH3 is 1. The van der Waals surface area contributed by atoms with Gasteiger partial charge in [-0.05, 0) is 74.0 Å². The first-order chi connectivity index (χ1) is 12.7. The summed E-state index contributed by atoms with van der Waals surface area (Å²) in [5.41, 5.74) is 7.74. The Labute approximate surface area is 157 Å². The number of carbonyl (C=O) groups excluding carboxylic acids is 1. The summed E-state index contributed by atoms with van der Waals surface area (Å²) in [7, 11) is 1.71. The molecule has 3 aliphatic rings. The summed E-state index contributed by atoms with van der Waals surface area (Å²) in [5, 5.41) is 0. The normalized spacial score (nSPS) is 32.3. The lowest BCUT2D eigenvalue weighted by atomic mass is 9.65. The molecule has 1 aromatic carbocycles. The number of benzene rings is 1. The van der Waals surface area contributed by atoms with Crippen LogP contribution in [0.3, 0.4) is 0 Å². The molecule has 26 heavy (non-hydrogen) atoms. The second kappa shape index (κ2) is 7.59. The second-order valence-corrected chi connectivity index (χ2v) is 8.57. The van der Waals surface area contributed by atoms with Crippen molar-refractivity contribution in [3.05, 3.63) is 29.8 Å². The van der Waals surface area contributed by atoms with Gasteiger partial charge in [0.25, 0.3) is 0 Å². The number of ether oxygens (including phenoxy) is 1. The molecule has 1 heterocycles. The zero-order valence-corrected chi connectivity index (χ0v) is 15.9. The van der Waals surface area contributed by atoms with Crippen LogP contribution < -0.4 is 10.5 Å². The van der Waals surface area contributed by atoms with Crippen LogP contribution in [0.15, 0.2) is 24.3 Å². The molecule has 2 saturated carbocycles. The number of hydrogen-bond donors (Lipinski definition) is 1. The molecule has 2 N–H and O–H groups in total. The topological polar surface area (TPSA) is 55.6 Å². The minimum Gasteiger partial charge on any atom is -0.497 e. The van der Waals surface area contributed by atoms with E-state index in [1.807, 2.05) is 6.07 Å². The second-order valence-electron chi connectivity index (χ2n) is 8.57. The number of amides is 1. The van der Waals surface area contributed by atoms with Crippen molar-refractivity contribution >= 4 is 5.91 Å². The number of hydrogen-bond acceptors (Lipinski definition) is 3. The number of rotatable bonds is 3. The van der Waals surface area contributed by atoms with E-state index in [2.05, 4.69) is 23.1 Å². The SMILES string of the molecule is COc1cccc(C2CCN(C(=O)C3CC4CCCC(C3)C4N)CC2)c1. The van der Waals surface area contributed by atoms with E-state index in [4.69, 9.17) is 10.5 Å². The zero-order chi connectivity index (χ0) is 18.1. The average Bonchev–Trinajstić information content (AvgIpc) is 2.67. The third-order valence-corrected chi connectivity index (χ3v) is 7.13. The molecule has 0 radical (unpaired) electrons. The van der Waals surface area contributed by atoms with Crippen LogP contribution in [-0.4, -0.2) is 37.0 Å². The minimum atomic E-state index is 0.221. The Bertz CT molecular complexity index is 625. The molecular formula is C22H32N2O2. The Kier molecular flexibility index (Phi) is 5.21. The maximum Gasteiger partial charge on any atom is 0.225 e. The van der Waals surface area contributed by atoms with Crippen LogP contribution in [0.25, 0.3) is 0 Å². The molecule has 1 saturated heterocycles. The molecule has 3 fully saturated rings. The highest BCUT2D eigenvalue weighted by atomic mass is 16.5. The van der Waals surface area contributed by atoms with Gasteiger partial charge in [-0.3, -0.25) is 4.79 Å². The van der Waals surface area contributed by atoms with Crippen LogP contribution in [-0.2, 0) is 4.79 Å². The van der Waals surface area contributed by atoms with Gasteiger partial charge in [0.15, 0.2) is 0 Å². The largest absolute Gasteiger partial charge is 0.497 e. The van der Waals surface area contributed by atoms with Crippen molar-refractivity contribution in [2.75, 3.05) is 20.2 Å². The van der Waals surface area contributed by atoms with Crippen molar-refractivity contribution < 1.29 is 9.53 Å². The Morgan fingerprint density at radius 2 is 1.81 bits per heavy atom. The predicted molar refractivity (Wildman–Crippen MR) is 103 cm³/mol. The lowest BCUT2D eigenvalue weighted by molar-refractivity contribution is -0.139. The molecule has 0 spiro atoms. The molecule has 4 rings (SSSR count). The van der Waals surface area contributed by atoms with Gasteiger partial charge in [-0.25, -0.2) is 0 Å². The first-order valence-corrected chi connectivity index (χ1v) is 10.3. The highest BCUT2D eigenvalue weighted by molar-refractivity contribution is 5.79. The molecule has 2 bridgehead atoms. The summed E-state index contributed by atoms with van der Waals surface area (Å²) in [6.45, 7) is 1.77. The molecule has 1 aliphatic heterocycles. The first kappa shape index (κ1) is 17.8. The van der Waals surface area contributed by atoms with Crippen LogP contribution in [0.5, 0.6) is 5.75 Å². The smallest absolute Gasteiger partial charge is 0.225 e. The average molecular weight is 357 g/mol. The van der Waals surface area contributed by atoms with Crippen LogP contribution in [0.1, 0.15) is 56.4 Å². The maximum atomic E-state index is 13.1. The van der Waals surface area contributed by atoms with E-state index in [9.17, 15) is 4.79 Å². The highest BCUT2D eigenvalue weighted by Gasteiger charge is 2.42. The number of piperidine rings is 1. The van der Waals surface area contributed by atoms with Crippen LogP contribution >= 0.6 is 0 Å². The lowest BCUT2D eigenvalue weighted by Crippen LogP contribution is -2.50. The van der Waals surface area contributed by atoms with E-state index in [1.54, 1.807) is 7.11 Å². The van der Waals surface area contributed by atoms with Gasteiger partial charge in [-0.15, -0.1) is 0 Å². The quantitative estimate of drug-likeness (QED) is 0.901. The van der Waals surface area contributed by atoms with Crippen molar-refractivity contribution in [1.29, 1.82) is 0 Å². The van der Waals surface area contributed by atoms with Crippen molar-refractivity contribution in [1.82, 2.24) is 4.90 Å². The Balaban J connectivity index is 1.35. The van der Waals surface area contributed by atoms with E-state index in [1.165, 1.54) is 24.8 Å². The number of nitrogens with zero attached hydrogens (tertiary/aromatic N) is 1. The van der Waals surface area contributed by atoms with Crippen LogP contribution in [0, 0.1) is 17.8 Å². The van der Waals surface area contributed by atoms with Gasteiger partial charge in [-0.2, -0.15) is 0 Å². The lowest BCUT2D eigenvalue weighted by Gasteiger charge is -2.45. The fraction of sp³-hybridized carbons (Fsp3) is 0.682. The van der Waals surface area contributed by atoms with E-state index >= 15 is 0 Å². The third-order valence-electron chi connectivity index (χ3n) is 7.13. The van der Waals surface area contributed by atoms with E-state index < -0.39 is 0 Å². The molecule has 4 nitrogen and oxygen atoms in total. The summed E-state index contributed by atoms with van der Waals surface area (Å²) < 4.78 is 5.35. The summed E-state index contributed by atoms with van der Waals surface area (Å²) in [4.78, 5) is 15.2. The van der Waals surface area contributed by atoms with Crippen molar-refractivity contribution in [2.45, 2.75) is 56.9 Å². The molecule has 2 atom stereocenters. The summed E-state index contributed by atoms with van der Waals surface area (Å²) in [6, 6.07) is 8.73. The molecular weight excluding hydrogens is 324 g/mol. The van der Waals surface area contributed by atoms with E-state index in [-0.39, 0.29) is 5.92 Å². The molecule has 2 unspecified atom stereocenters. The fourth-order valence-corrected chi connectivity index (χ4v) is 5.58. The Morgan fingerprint density at radius 3 is 2.46 bits per heavy atom. The number of fused-ring (bicyclic) bond motifs is 2. The van der Waals surface area contributed by atoms with Crippen molar-refractivity contribution in [3.63, 3.8) is 0 Å². The standard InChI is InChI=1S/C22H32N2O2/c1-26-20-7-3-4-16(14-20)15-8-10-24(11-9-15)22(25)19-12-17-5-2-6-18(13-19)21(17)23/h3-4,7,14-15,17-19,21H,2,5-6,8-13,23H2,1H3. The number of likely N-dealkylation sites (tertiary alicyclic amines) is 1. The summed E-state index contributed by atoms with van der Waals surface area (Å²) >= 11 is 0. The molecule has 1 amide bonds. The van der Waals surface area contributed by atoms with Crippen LogP contribution in [0.2, 0.25) is 0 Å². The van der Waals surface area contributed by atoms with Gasteiger partial charge in [0.1, 0.15) is 5.75 Å². The van der Waals surface area contributed by atoms with Gasteiger partial charge >= 0.3 is 0 Å². The minimum absolute atomic E-state index is 0.221. The summed E-state index contributed by atoms with van der Waals surface area (Å²) in [6.07, 6.45) is 7.89. The Hall–Kier alpha value is -1.55. The Morgan fingerprint density at radius 1 is 1.12 bits per heavy atom. The molecule has 1 aromatic rings. The maximum absolute atomic E-state index is 13.1. The molecule has 142 valence electrons. The summed E-state index contributed by atoms with van der Waals surface area (Å²) in [5.74, 6) is 3.23. The van der Waals surface area contributed by atoms with Gasteiger partial charge in [0, 0.05) is 25.0 Å². The molecule has 4 heteroatoms. The van der Waals surface area contributed by atoms with E-state index in [0.29, 0.717) is 29.7 Å². The van der Waals surface area contributed by atoms with E-state index in [0.717, 1.165) is 44.5 Å². The highest BCUT2D eigenvalue weighted by Crippen LogP contribution is 2.43. The van der Waals surface area contributed by atoms with Crippen LogP contribution in [0.4, 0.5) is 0 Å². The number of carbonyl (C=O) groups is 1. The zero-order valence-electron chi connectivity index (χ0n) is 15.9. The van der Waals surface area contributed by atoms with Crippen molar-refractivity contribution in [2.24, 2.45) is 23.5 Å². The molecule has 2 aliphatic carbocycles.